The Kier molecular flexibility index (Phi) is 3.84. The van der Waals surface area contributed by atoms with Crippen LogP contribution in [0, 0.1) is 10.1 Å². The van der Waals surface area contributed by atoms with Gasteiger partial charge in [-0.2, -0.15) is 5.10 Å². The number of nitro groups is 1. The molecule has 0 saturated heterocycles. The lowest BCUT2D eigenvalue weighted by molar-refractivity contribution is -0.390. The number of aromatic nitrogens is 4. The van der Waals surface area contributed by atoms with E-state index in [-0.39, 0.29) is 16.0 Å². The molecule has 2 aromatic rings. The molecule has 0 aliphatic heterocycles. The summed E-state index contributed by atoms with van der Waals surface area (Å²) in [6.45, 7) is 0.333. The number of carbonyl (C=O) groups is 1. The van der Waals surface area contributed by atoms with Crippen molar-refractivity contribution in [1.29, 1.82) is 0 Å². The number of hydrogen-bond acceptors (Lipinski definition) is 5. The van der Waals surface area contributed by atoms with Gasteiger partial charge in [0.25, 0.3) is 5.91 Å². The summed E-state index contributed by atoms with van der Waals surface area (Å²) in [7, 11) is 3.36. The van der Waals surface area contributed by atoms with Crippen molar-refractivity contribution < 1.29 is 9.72 Å². The zero-order valence-corrected chi connectivity index (χ0v) is 12.3. The second-order valence-electron chi connectivity index (χ2n) is 4.18. The molecule has 20 heavy (non-hydrogen) atoms. The van der Waals surface area contributed by atoms with Crippen LogP contribution in [0.3, 0.4) is 0 Å². The lowest BCUT2D eigenvalue weighted by Gasteiger charge is -2.14. The molecule has 10 heteroatoms. The maximum Gasteiger partial charge on any atom is 0.357 e. The van der Waals surface area contributed by atoms with Crippen LogP contribution in [0.4, 0.5) is 5.82 Å². The van der Waals surface area contributed by atoms with Crippen molar-refractivity contribution in [1.82, 2.24) is 24.9 Å². The third kappa shape index (κ3) is 2.69. The van der Waals surface area contributed by atoms with Gasteiger partial charge in [-0.05, 0) is 20.9 Å². The Morgan fingerprint density at radius 2 is 2.35 bits per heavy atom. The van der Waals surface area contributed by atoms with Gasteiger partial charge in [-0.15, -0.1) is 5.10 Å². The molecule has 0 aromatic carbocycles. The van der Waals surface area contributed by atoms with Gasteiger partial charge < -0.3 is 15.0 Å². The summed E-state index contributed by atoms with van der Waals surface area (Å²) in [5.41, 5.74) is 0.826. The second-order valence-corrected chi connectivity index (χ2v) is 4.97. The molecule has 2 aromatic heterocycles. The summed E-state index contributed by atoms with van der Waals surface area (Å²) >= 11 is 3.01. The number of nitrogens with one attached hydrogen (secondary N) is 1. The van der Waals surface area contributed by atoms with Gasteiger partial charge in [-0.1, -0.05) is 5.10 Å². The minimum absolute atomic E-state index is 0.0249. The SMILES string of the molecule is CN(Cc1cnn(C)c1)C(=O)c1n[nH]c([N+](=O)[O-])c1Br. The second kappa shape index (κ2) is 5.41. The van der Waals surface area contributed by atoms with Crippen LogP contribution in [0.1, 0.15) is 16.1 Å². The van der Waals surface area contributed by atoms with Crippen molar-refractivity contribution in [3.05, 3.63) is 38.2 Å². The first-order valence-electron chi connectivity index (χ1n) is 5.51. The van der Waals surface area contributed by atoms with Crippen LogP contribution in [0.15, 0.2) is 16.9 Å². The molecule has 0 spiro atoms. The Balaban J connectivity index is 2.16. The van der Waals surface area contributed by atoms with Crippen molar-refractivity contribution in [2.24, 2.45) is 7.05 Å². The molecule has 0 aliphatic carbocycles. The highest BCUT2D eigenvalue weighted by Gasteiger charge is 2.26. The lowest BCUT2D eigenvalue weighted by atomic mass is 10.3. The van der Waals surface area contributed by atoms with E-state index in [1.807, 2.05) is 0 Å². The molecule has 0 aliphatic rings. The number of hydrogen-bond donors (Lipinski definition) is 1. The van der Waals surface area contributed by atoms with E-state index in [1.165, 1.54) is 4.90 Å². The van der Waals surface area contributed by atoms with Crippen LogP contribution in [-0.2, 0) is 13.6 Å². The molecule has 0 bridgehead atoms. The molecule has 1 amide bonds. The summed E-state index contributed by atoms with van der Waals surface area (Å²) in [6, 6.07) is 0. The predicted molar refractivity (Wildman–Crippen MR) is 71.9 cm³/mol. The minimum Gasteiger partial charge on any atom is -0.358 e. The van der Waals surface area contributed by atoms with Gasteiger partial charge >= 0.3 is 5.82 Å². The number of nitrogens with zero attached hydrogens (tertiary/aromatic N) is 5. The zero-order valence-electron chi connectivity index (χ0n) is 10.7. The molecule has 0 saturated carbocycles. The van der Waals surface area contributed by atoms with Crippen LogP contribution < -0.4 is 0 Å². The first-order valence-corrected chi connectivity index (χ1v) is 6.30. The number of rotatable bonds is 4. The van der Waals surface area contributed by atoms with E-state index in [0.29, 0.717) is 6.54 Å². The van der Waals surface area contributed by atoms with Crippen LogP contribution >= 0.6 is 15.9 Å². The fourth-order valence-corrected chi connectivity index (χ4v) is 2.15. The molecular weight excluding hydrogens is 332 g/mol. The maximum atomic E-state index is 12.2. The average molecular weight is 343 g/mol. The summed E-state index contributed by atoms with van der Waals surface area (Å²) in [5, 5.41) is 20.6. The molecule has 0 radical (unpaired) electrons. The van der Waals surface area contributed by atoms with Crippen LogP contribution in [0.2, 0.25) is 0 Å². The lowest BCUT2D eigenvalue weighted by Crippen LogP contribution is -2.26. The summed E-state index contributed by atoms with van der Waals surface area (Å²) in [5.74, 6) is -0.770. The normalized spacial score (nSPS) is 10.6. The monoisotopic (exact) mass is 342 g/mol. The van der Waals surface area contributed by atoms with Crippen molar-refractivity contribution in [2.45, 2.75) is 6.54 Å². The van der Waals surface area contributed by atoms with Gasteiger partial charge in [-0.25, -0.2) is 0 Å². The summed E-state index contributed by atoms with van der Waals surface area (Å²) in [4.78, 5) is 23.6. The van der Waals surface area contributed by atoms with Crippen molar-refractivity contribution in [2.75, 3.05) is 7.05 Å². The van der Waals surface area contributed by atoms with Gasteiger partial charge in [0.15, 0.2) is 5.69 Å². The number of carbonyl (C=O) groups excluding carboxylic acids is 1. The molecular formula is C10H11BrN6O3. The van der Waals surface area contributed by atoms with Crippen LogP contribution in [-0.4, -0.2) is 42.8 Å². The predicted octanol–water partition coefficient (Wildman–Crippen LogP) is 1.09. The molecule has 2 heterocycles. The topological polar surface area (TPSA) is 110 Å². The Bertz CT molecular complexity index is 664. The van der Waals surface area contributed by atoms with E-state index in [9.17, 15) is 14.9 Å². The van der Waals surface area contributed by atoms with Gasteiger partial charge in [0.05, 0.1) is 6.20 Å². The van der Waals surface area contributed by atoms with Gasteiger partial charge in [-0.3, -0.25) is 9.48 Å². The van der Waals surface area contributed by atoms with Gasteiger partial charge in [0.1, 0.15) is 4.47 Å². The quantitative estimate of drug-likeness (QED) is 0.660. The molecule has 0 fully saturated rings. The Labute approximate surface area is 121 Å². The van der Waals surface area contributed by atoms with Gasteiger partial charge in [0, 0.05) is 32.4 Å². The zero-order chi connectivity index (χ0) is 14.9. The summed E-state index contributed by atoms with van der Waals surface area (Å²) < 4.78 is 1.67. The first kappa shape index (κ1) is 14.2. The minimum atomic E-state index is -0.644. The Hall–Kier alpha value is -2.23. The smallest absolute Gasteiger partial charge is 0.357 e. The van der Waals surface area contributed by atoms with Crippen molar-refractivity contribution >= 4 is 27.7 Å². The van der Waals surface area contributed by atoms with E-state index in [1.54, 1.807) is 31.2 Å². The maximum absolute atomic E-state index is 12.2. The highest BCUT2D eigenvalue weighted by atomic mass is 79.9. The third-order valence-corrected chi connectivity index (χ3v) is 3.35. The summed E-state index contributed by atoms with van der Waals surface area (Å²) in [6.07, 6.45) is 3.43. The number of aromatic amines is 1. The molecule has 1 N–H and O–H groups in total. The molecule has 106 valence electrons. The van der Waals surface area contributed by atoms with E-state index in [0.717, 1.165) is 5.56 Å². The van der Waals surface area contributed by atoms with Gasteiger partial charge in [0.2, 0.25) is 0 Å². The standard InChI is InChI=1S/C10H11BrN6O3/c1-15(4-6-3-12-16(2)5-6)10(18)8-7(11)9(14-13-8)17(19)20/h3,5H,4H2,1-2H3,(H,13,14). The van der Waals surface area contributed by atoms with E-state index in [4.69, 9.17) is 0 Å². The molecule has 2 rings (SSSR count). The third-order valence-electron chi connectivity index (χ3n) is 2.60. The number of amides is 1. The van der Waals surface area contributed by atoms with Crippen LogP contribution in [0.25, 0.3) is 0 Å². The Morgan fingerprint density at radius 3 is 2.85 bits per heavy atom. The first-order chi connectivity index (χ1) is 9.40. The van der Waals surface area contributed by atoms with Crippen molar-refractivity contribution in [3.8, 4) is 0 Å². The number of aryl methyl sites for hydroxylation is 1. The Morgan fingerprint density at radius 1 is 1.65 bits per heavy atom. The van der Waals surface area contributed by atoms with Crippen molar-refractivity contribution in [3.63, 3.8) is 0 Å². The molecule has 0 unspecified atom stereocenters. The average Bonchev–Trinajstić information content (AvgIpc) is 2.94. The van der Waals surface area contributed by atoms with E-state index < -0.39 is 10.8 Å². The highest BCUT2D eigenvalue weighted by molar-refractivity contribution is 9.10. The highest BCUT2D eigenvalue weighted by Crippen LogP contribution is 2.26. The molecule has 0 atom stereocenters. The number of H-pyrrole nitrogens is 1. The van der Waals surface area contributed by atoms with E-state index in [2.05, 4.69) is 31.2 Å². The van der Waals surface area contributed by atoms with Crippen LogP contribution in [0.5, 0.6) is 0 Å². The van der Waals surface area contributed by atoms with E-state index >= 15 is 0 Å². The fourth-order valence-electron chi connectivity index (χ4n) is 1.66. The number of halogens is 1. The largest absolute Gasteiger partial charge is 0.358 e. The fraction of sp³-hybridized carbons (Fsp3) is 0.300. The molecule has 9 nitrogen and oxygen atoms in total.